The summed E-state index contributed by atoms with van der Waals surface area (Å²) in [6.07, 6.45) is -5.36. The maximum Gasteiger partial charge on any atom is 0.426 e. The van der Waals surface area contributed by atoms with Crippen molar-refractivity contribution in [2.45, 2.75) is 50.3 Å². The number of halogens is 5. The van der Waals surface area contributed by atoms with Gasteiger partial charge < -0.3 is 14.9 Å². The second kappa shape index (κ2) is 8.66. The number of aryl methyl sites for hydroxylation is 2. The Hall–Kier alpha value is -2.98. The Morgan fingerprint density at radius 3 is 2.71 bits per heavy atom. The van der Waals surface area contributed by atoms with Crippen molar-refractivity contribution < 1.29 is 32.0 Å². The van der Waals surface area contributed by atoms with Gasteiger partial charge in [-0.1, -0.05) is 16.8 Å². The number of alkyl halides is 3. The third-order valence-corrected chi connectivity index (χ3v) is 6.34. The number of aliphatic hydroxyl groups is 1. The van der Waals surface area contributed by atoms with Crippen molar-refractivity contribution in [3.8, 4) is 0 Å². The van der Waals surface area contributed by atoms with Crippen LogP contribution in [0.25, 0.3) is 10.8 Å². The van der Waals surface area contributed by atoms with E-state index in [9.17, 15) is 32.3 Å². The predicted molar refractivity (Wildman–Crippen MR) is 116 cm³/mol. The molecule has 0 saturated heterocycles. The van der Waals surface area contributed by atoms with Crippen LogP contribution in [-0.4, -0.2) is 27.9 Å². The number of nitrogens with zero attached hydrogens (tertiary/aromatic N) is 1. The van der Waals surface area contributed by atoms with E-state index in [4.69, 9.17) is 11.6 Å². The Kier molecular flexibility index (Phi) is 6.15. The van der Waals surface area contributed by atoms with Gasteiger partial charge in [0.25, 0.3) is 5.91 Å². The maximum atomic E-state index is 14.6. The van der Waals surface area contributed by atoms with Crippen molar-refractivity contribution in [3.63, 3.8) is 0 Å². The summed E-state index contributed by atoms with van der Waals surface area (Å²) in [5.74, 6) is -3.53. The Bertz CT molecular complexity index is 1340. The van der Waals surface area contributed by atoms with Crippen molar-refractivity contribution in [3.05, 3.63) is 68.4 Å². The summed E-state index contributed by atoms with van der Waals surface area (Å²) >= 11 is 5.87. The van der Waals surface area contributed by atoms with Crippen molar-refractivity contribution in [1.82, 2.24) is 5.16 Å². The molecule has 1 amide bonds. The van der Waals surface area contributed by atoms with Gasteiger partial charge in [0.15, 0.2) is 0 Å². The van der Waals surface area contributed by atoms with E-state index >= 15 is 0 Å². The second-order valence-corrected chi connectivity index (χ2v) is 8.82. The fourth-order valence-corrected chi connectivity index (χ4v) is 4.65. The van der Waals surface area contributed by atoms with Crippen molar-refractivity contribution in [2.75, 3.05) is 5.32 Å². The number of benzene rings is 2. The van der Waals surface area contributed by atoms with Gasteiger partial charge in [-0.15, -0.1) is 0 Å². The maximum absolute atomic E-state index is 14.6. The lowest BCUT2D eigenvalue weighted by atomic mass is 9.76. The highest BCUT2D eigenvalue weighted by Crippen LogP contribution is 2.44. The lowest BCUT2D eigenvalue weighted by Gasteiger charge is -2.35. The zero-order valence-electron chi connectivity index (χ0n) is 17.8. The highest BCUT2D eigenvalue weighted by atomic mass is 35.5. The SMILES string of the molecule is Cc1noc(=O)c2ccc(NC(=O)C(O)(CC3CCCc4cc(Cl)cc(F)c43)C(F)(F)F)cc12. The summed E-state index contributed by atoms with van der Waals surface area (Å²) in [5, 5.41) is 16.8. The molecule has 1 aliphatic carbocycles. The number of amides is 1. The second-order valence-electron chi connectivity index (χ2n) is 8.38. The molecule has 11 heteroatoms. The monoisotopic (exact) mass is 498 g/mol. The molecule has 3 aromatic rings. The standard InChI is InChI=1S/C23H19ClF4N2O4/c1-11-17-9-15(5-6-16(17)20(31)34-30-11)29-21(32)22(33,23(26,27)28)10-13-4-2-3-12-7-14(24)8-18(25)19(12)13/h5-9,13,33H,2-4,10H2,1H3,(H,29,32). The largest absolute Gasteiger partial charge is 0.426 e. The molecule has 2 N–H and O–H groups in total. The van der Waals surface area contributed by atoms with E-state index in [2.05, 4.69) is 15.0 Å². The van der Waals surface area contributed by atoms with Gasteiger partial charge in [0.05, 0.1) is 11.1 Å². The molecular formula is C23H19ClF4N2O4. The fourth-order valence-electron chi connectivity index (χ4n) is 4.43. The Balaban J connectivity index is 1.68. The summed E-state index contributed by atoms with van der Waals surface area (Å²) in [6, 6.07) is 6.24. The smallest absolute Gasteiger partial charge is 0.373 e. The Labute approximate surface area is 195 Å². The lowest BCUT2D eigenvalue weighted by molar-refractivity contribution is -0.252. The van der Waals surface area contributed by atoms with E-state index in [1.807, 2.05) is 0 Å². The molecule has 1 aliphatic rings. The molecule has 4 rings (SSSR count). The summed E-state index contributed by atoms with van der Waals surface area (Å²) in [5.41, 5.74) is -3.85. The molecule has 2 atom stereocenters. The number of aromatic nitrogens is 1. The molecule has 1 heterocycles. The third kappa shape index (κ3) is 4.27. The number of rotatable bonds is 4. The van der Waals surface area contributed by atoms with Crippen LogP contribution in [0.2, 0.25) is 5.02 Å². The van der Waals surface area contributed by atoms with Crippen LogP contribution < -0.4 is 10.9 Å². The van der Waals surface area contributed by atoms with Gasteiger partial charge in [0, 0.05) is 22.5 Å². The zero-order chi connectivity index (χ0) is 24.8. The lowest BCUT2D eigenvalue weighted by Crippen LogP contribution is -2.55. The molecule has 0 spiro atoms. The molecule has 0 radical (unpaired) electrons. The average Bonchev–Trinajstić information content (AvgIpc) is 2.75. The van der Waals surface area contributed by atoms with Crippen LogP contribution in [0.4, 0.5) is 23.2 Å². The highest BCUT2D eigenvalue weighted by Gasteiger charge is 2.60. The number of anilines is 1. The molecule has 0 aliphatic heterocycles. The molecule has 0 saturated carbocycles. The molecular weight excluding hydrogens is 480 g/mol. The molecule has 0 bridgehead atoms. The van der Waals surface area contributed by atoms with Gasteiger partial charge in [0.1, 0.15) is 5.82 Å². The van der Waals surface area contributed by atoms with E-state index in [-0.39, 0.29) is 39.2 Å². The van der Waals surface area contributed by atoms with Crippen LogP contribution in [-0.2, 0) is 11.2 Å². The summed E-state index contributed by atoms with van der Waals surface area (Å²) in [4.78, 5) is 24.6. The van der Waals surface area contributed by atoms with Gasteiger partial charge in [-0.2, -0.15) is 13.2 Å². The molecule has 0 fully saturated rings. The van der Waals surface area contributed by atoms with Gasteiger partial charge in [-0.25, -0.2) is 9.18 Å². The van der Waals surface area contributed by atoms with E-state index in [0.29, 0.717) is 18.4 Å². The number of fused-ring (bicyclic) bond motifs is 2. The quantitative estimate of drug-likeness (QED) is 0.492. The van der Waals surface area contributed by atoms with E-state index < -0.39 is 41.5 Å². The van der Waals surface area contributed by atoms with Crippen LogP contribution in [0.5, 0.6) is 0 Å². The summed E-state index contributed by atoms with van der Waals surface area (Å²) in [7, 11) is 0. The van der Waals surface area contributed by atoms with Crippen molar-refractivity contribution in [2.24, 2.45) is 0 Å². The van der Waals surface area contributed by atoms with E-state index in [1.54, 1.807) is 0 Å². The summed E-state index contributed by atoms with van der Waals surface area (Å²) < 4.78 is 61.3. The zero-order valence-corrected chi connectivity index (χ0v) is 18.6. The van der Waals surface area contributed by atoms with Gasteiger partial charge in [-0.3, -0.25) is 4.79 Å². The first-order chi connectivity index (χ1) is 15.9. The van der Waals surface area contributed by atoms with Gasteiger partial charge in [-0.05, 0) is 73.6 Å². The van der Waals surface area contributed by atoms with Gasteiger partial charge >= 0.3 is 11.8 Å². The molecule has 2 unspecified atom stereocenters. The average molecular weight is 499 g/mol. The van der Waals surface area contributed by atoms with E-state index in [0.717, 1.165) is 6.07 Å². The molecule has 180 valence electrons. The molecule has 2 aromatic carbocycles. The van der Waals surface area contributed by atoms with E-state index in [1.165, 1.54) is 31.2 Å². The first-order valence-corrected chi connectivity index (χ1v) is 10.8. The van der Waals surface area contributed by atoms with Gasteiger partial charge in [0.2, 0.25) is 5.60 Å². The Morgan fingerprint density at radius 2 is 2.00 bits per heavy atom. The normalized spacial score (nSPS) is 17.8. The minimum Gasteiger partial charge on any atom is -0.373 e. The number of hydrogen-bond acceptors (Lipinski definition) is 5. The Morgan fingerprint density at radius 1 is 1.26 bits per heavy atom. The van der Waals surface area contributed by atoms with Crippen molar-refractivity contribution in [1.29, 1.82) is 0 Å². The molecule has 6 nitrogen and oxygen atoms in total. The number of hydrogen-bond donors (Lipinski definition) is 2. The number of nitrogens with one attached hydrogen (secondary N) is 1. The topological polar surface area (TPSA) is 92.4 Å². The van der Waals surface area contributed by atoms with Crippen LogP contribution in [0.1, 0.15) is 42.0 Å². The van der Waals surface area contributed by atoms with Crippen molar-refractivity contribution >= 4 is 34.0 Å². The minimum atomic E-state index is -5.34. The predicted octanol–water partition coefficient (Wildman–Crippen LogP) is 5.03. The number of carbonyl (C=O) groups excluding carboxylic acids is 1. The van der Waals surface area contributed by atoms with Crippen LogP contribution >= 0.6 is 11.6 Å². The summed E-state index contributed by atoms with van der Waals surface area (Å²) in [6.45, 7) is 1.52. The van der Waals surface area contributed by atoms with Crippen LogP contribution in [0, 0.1) is 12.7 Å². The fraction of sp³-hybridized carbons (Fsp3) is 0.348. The molecule has 34 heavy (non-hydrogen) atoms. The number of carbonyl (C=O) groups is 1. The highest BCUT2D eigenvalue weighted by molar-refractivity contribution is 6.30. The minimum absolute atomic E-state index is 0.0326. The third-order valence-electron chi connectivity index (χ3n) is 6.13. The van der Waals surface area contributed by atoms with Crippen LogP contribution in [0.15, 0.2) is 39.6 Å². The first kappa shape index (κ1) is 24.2. The molecule has 1 aromatic heterocycles. The van der Waals surface area contributed by atoms with Crippen LogP contribution in [0.3, 0.4) is 0 Å². The first-order valence-electron chi connectivity index (χ1n) is 10.4.